The standard InChI is InChI=1S/C11H19N3O/c1-10(2)14-6-7-15-11(9-14)8-13-5-3-4-12/h3,5,10-11,13H,6-9H2,1-2H3/b5-3-. The summed E-state index contributed by atoms with van der Waals surface area (Å²) in [5.74, 6) is 0. The van der Waals surface area contributed by atoms with Crippen LogP contribution in [0.25, 0.3) is 0 Å². The lowest BCUT2D eigenvalue weighted by atomic mass is 10.2. The van der Waals surface area contributed by atoms with Crippen molar-refractivity contribution in [3.63, 3.8) is 0 Å². The third-order valence-electron chi connectivity index (χ3n) is 2.52. The fourth-order valence-corrected chi connectivity index (χ4v) is 1.63. The van der Waals surface area contributed by atoms with Crippen molar-refractivity contribution in [3.05, 3.63) is 12.3 Å². The monoisotopic (exact) mass is 209 g/mol. The van der Waals surface area contributed by atoms with Gasteiger partial charge in [-0.2, -0.15) is 5.26 Å². The lowest BCUT2D eigenvalue weighted by Crippen LogP contribution is -2.48. The van der Waals surface area contributed by atoms with Gasteiger partial charge in [0.25, 0.3) is 0 Å². The Kier molecular flexibility index (Phi) is 5.16. The normalized spacial score (nSPS) is 23.2. The molecule has 1 rings (SSSR count). The number of ether oxygens (including phenoxy) is 1. The summed E-state index contributed by atoms with van der Waals surface area (Å²) in [4.78, 5) is 2.41. The first kappa shape index (κ1) is 12.0. The van der Waals surface area contributed by atoms with Crippen LogP contribution in [-0.4, -0.2) is 43.3 Å². The maximum atomic E-state index is 8.30. The SMILES string of the molecule is CC(C)N1CCOC(CN/C=C\C#N)C1. The van der Waals surface area contributed by atoms with Crippen LogP contribution in [-0.2, 0) is 4.74 Å². The van der Waals surface area contributed by atoms with E-state index in [0.717, 1.165) is 26.2 Å². The second kappa shape index (κ2) is 6.44. The molecule has 0 amide bonds. The average molecular weight is 209 g/mol. The van der Waals surface area contributed by atoms with Gasteiger partial charge < -0.3 is 10.1 Å². The number of morpholine rings is 1. The zero-order valence-corrected chi connectivity index (χ0v) is 9.44. The van der Waals surface area contributed by atoms with E-state index >= 15 is 0 Å². The quantitative estimate of drug-likeness (QED) is 0.693. The number of allylic oxidation sites excluding steroid dienone is 1. The molecule has 84 valence electrons. The smallest absolute Gasteiger partial charge is 0.0927 e. The molecule has 4 heteroatoms. The van der Waals surface area contributed by atoms with Crippen molar-refractivity contribution in [1.82, 2.24) is 10.2 Å². The lowest BCUT2D eigenvalue weighted by Gasteiger charge is -2.35. The van der Waals surface area contributed by atoms with Crippen molar-refractivity contribution in [2.45, 2.75) is 26.0 Å². The summed E-state index contributed by atoms with van der Waals surface area (Å²) in [5.41, 5.74) is 0. The van der Waals surface area contributed by atoms with E-state index in [0.29, 0.717) is 6.04 Å². The Labute approximate surface area is 91.5 Å². The third kappa shape index (κ3) is 4.32. The lowest BCUT2D eigenvalue weighted by molar-refractivity contribution is -0.0358. The number of nitrogens with one attached hydrogen (secondary N) is 1. The summed E-state index contributed by atoms with van der Waals surface area (Å²) < 4.78 is 5.62. The van der Waals surface area contributed by atoms with Gasteiger partial charge in [0.2, 0.25) is 0 Å². The van der Waals surface area contributed by atoms with Gasteiger partial charge in [-0.25, -0.2) is 0 Å². The minimum absolute atomic E-state index is 0.226. The van der Waals surface area contributed by atoms with Gasteiger partial charge in [-0.15, -0.1) is 0 Å². The van der Waals surface area contributed by atoms with E-state index in [1.54, 1.807) is 6.20 Å². The van der Waals surface area contributed by atoms with Crippen LogP contribution in [0, 0.1) is 11.3 Å². The summed E-state index contributed by atoms with van der Waals surface area (Å²) in [6.45, 7) is 7.94. The van der Waals surface area contributed by atoms with Crippen molar-refractivity contribution in [2.24, 2.45) is 0 Å². The topological polar surface area (TPSA) is 48.3 Å². The maximum absolute atomic E-state index is 8.30. The Morgan fingerprint density at radius 3 is 3.13 bits per heavy atom. The Balaban J connectivity index is 2.25. The summed E-state index contributed by atoms with van der Waals surface area (Å²) in [5, 5.41) is 11.4. The summed E-state index contributed by atoms with van der Waals surface area (Å²) >= 11 is 0. The van der Waals surface area contributed by atoms with Gasteiger partial charge in [0, 0.05) is 38.0 Å². The van der Waals surface area contributed by atoms with Crippen molar-refractivity contribution in [1.29, 1.82) is 5.26 Å². The van der Waals surface area contributed by atoms with E-state index in [2.05, 4.69) is 24.1 Å². The van der Waals surface area contributed by atoms with Gasteiger partial charge in [-0.05, 0) is 13.8 Å². The van der Waals surface area contributed by atoms with E-state index in [1.165, 1.54) is 6.08 Å². The van der Waals surface area contributed by atoms with Crippen LogP contribution in [0.15, 0.2) is 12.3 Å². The Hall–Kier alpha value is -1.05. The highest BCUT2D eigenvalue weighted by molar-refractivity contribution is 5.00. The number of hydrogen-bond acceptors (Lipinski definition) is 4. The molecule has 15 heavy (non-hydrogen) atoms. The van der Waals surface area contributed by atoms with Crippen LogP contribution in [0.5, 0.6) is 0 Å². The molecule has 0 aromatic carbocycles. The zero-order valence-electron chi connectivity index (χ0n) is 9.44. The predicted octanol–water partition coefficient (Wildman–Crippen LogP) is 0.722. The Morgan fingerprint density at radius 1 is 1.67 bits per heavy atom. The summed E-state index contributed by atoms with van der Waals surface area (Å²) in [6.07, 6.45) is 3.32. The molecule has 1 aliphatic heterocycles. The van der Waals surface area contributed by atoms with Gasteiger partial charge in [-0.3, -0.25) is 4.90 Å². The molecule has 1 atom stereocenters. The van der Waals surface area contributed by atoms with E-state index in [1.807, 2.05) is 6.07 Å². The fraction of sp³-hybridized carbons (Fsp3) is 0.727. The molecule has 4 nitrogen and oxygen atoms in total. The molecule has 1 heterocycles. The van der Waals surface area contributed by atoms with Crippen molar-refractivity contribution in [2.75, 3.05) is 26.2 Å². The molecule has 0 bridgehead atoms. The van der Waals surface area contributed by atoms with Crippen molar-refractivity contribution in [3.8, 4) is 6.07 Å². The van der Waals surface area contributed by atoms with Gasteiger partial charge in [0.15, 0.2) is 0 Å². The first-order valence-corrected chi connectivity index (χ1v) is 5.37. The number of nitriles is 1. The van der Waals surface area contributed by atoms with Gasteiger partial charge in [-0.1, -0.05) is 0 Å². The molecule has 0 aromatic rings. The van der Waals surface area contributed by atoms with Crippen LogP contribution in [0.3, 0.4) is 0 Å². The van der Waals surface area contributed by atoms with Crippen LogP contribution in [0.4, 0.5) is 0 Å². The molecule has 1 saturated heterocycles. The van der Waals surface area contributed by atoms with E-state index in [4.69, 9.17) is 10.00 Å². The summed E-state index contributed by atoms with van der Waals surface area (Å²) in [6, 6.07) is 2.51. The predicted molar refractivity (Wildman–Crippen MR) is 59.2 cm³/mol. The number of hydrogen-bond donors (Lipinski definition) is 1. The molecule has 0 aromatic heterocycles. The minimum atomic E-state index is 0.226. The zero-order chi connectivity index (χ0) is 11.1. The molecule has 0 radical (unpaired) electrons. The van der Waals surface area contributed by atoms with Gasteiger partial charge >= 0.3 is 0 Å². The van der Waals surface area contributed by atoms with Crippen LogP contribution in [0.1, 0.15) is 13.8 Å². The Morgan fingerprint density at radius 2 is 2.47 bits per heavy atom. The van der Waals surface area contributed by atoms with E-state index in [9.17, 15) is 0 Å². The third-order valence-corrected chi connectivity index (χ3v) is 2.52. The molecular weight excluding hydrogens is 190 g/mol. The first-order chi connectivity index (χ1) is 7.24. The molecule has 1 unspecified atom stereocenters. The largest absolute Gasteiger partial charge is 0.388 e. The van der Waals surface area contributed by atoms with Gasteiger partial charge in [0.05, 0.1) is 18.8 Å². The second-order valence-electron chi connectivity index (χ2n) is 3.95. The molecule has 0 saturated carbocycles. The van der Waals surface area contributed by atoms with Crippen molar-refractivity contribution < 1.29 is 4.74 Å². The first-order valence-electron chi connectivity index (χ1n) is 5.37. The molecule has 1 N–H and O–H groups in total. The Bertz CT molecular complexity index is 245. The molecule has 0 spiro atoms. The van der Waals surface area contributed by atoms with E-state index < -0.39 is 0 Å². The average Bonchev–Trinajstić information content (AvgIpc) is 2.25. The fourth-order valence-electron chi connectivity index (χ4n) is 1.63. The molecular formula is C11H19N3O. The molecule has 0 aliphatic carbocycles. The minimum Gasteiger partial charge on any atom is -0.388 e. The number of rotatable bonds is 4. The molecule has 1 aliphatic rings. The van der Waals surface area contributed by atoms with Crippen LogP contribution >= 0.6 is 0 Å². The van der Waals surface area contributed by atoms with Crippen LogP contribution in [0.2, 0.25) is 0 Å². The number of nitrogens with zero attached hydrogens (tertiary/aromatic N) is 2. The van der Waals surface area contributed by atoms with E-state index in [-0.39, 0.29) is 6.10 Å². The van der Waals surface area contributed by atoms with Crippen molar-refractivity contribution >= 4 is 0 Å². The molecule has 1 fully saturated rings. The summed E-state index contributed by atoms with van der Waals surface area (Å²) in [7, 11) is 0. The van der Waals surface area contributed by atoms with Gasteiger partial charge in [0.1, 0.15) is 0 Å². The maximum Gasteiger partial charge on any atom is 0.0927 e. The highest BCUT2D eigenvalue weighted by atomic mass is 16.5. The highest BCUT2D eigenvalue weighted by Crippen LogP contribution is 2.07. The van der Waals surface area contributed by atoms with Crippen LogP contribution < -0.4 is 5.32 Å². The highest BCUT2D eigenvalue weighted by Gasteiger charge is 2.21. The second-order valence-corrected chi connectivity index (χ2v) is 3.95.